The Morgan fingerprint density at radius 3 is 2.42 bits per heavy atom. The minimum atomic E-state index is -0.247. The Bertz CT molecular complexity index is 1390. The lowest BCUT2D eigenvalue weighted by molar-refractivity contribution is 0.103. The van der Waals surface area contributed by atoms with Crippen LogP contribution >= 0.6 is 22.7 Å². The average molecular weight is 521 g/mol. The number of nitriles is 1. The zero-order valence-corrected chi connectivity index (χ0v) is 23.8. The van der Waals surface area contributed by atoms with Crippen molar-refractivity contribution in [3.63, 3.8) is 0 Å². The Hall–Kier alpha value is -2.43. The number of hydrogen-bond acceptors (Lipinski definition) is 6. The van der Waals surface area contributed by atoms with Gasteiger partial charge in [-0.2, -0.15) is 5.26 Å². The van der Waals surface area contributed by atoms with E-state index in [2.05, 4.69) is 59.0 Å². The van der Waals surface area contributed by atoms with Crippen molar-refractivity contribution < 1.29 is 4.79 Å². The molecular weight excluding hydrogens is 484 g/mol. The highest BCUT2D eigenvalue weighted by atomic mass is 32.1. The van der Waals surface area contributed by atoms with Crippen molar-refractivity contribution >= 4 is 49.5 Å². The number of fused-ring (bicyclic) bond motifs is 3. The number of carbonyl (C=O) groups excluding carboxylic acids is 1. The quantitative estimate of drug-likeness (QED) is 0.369. The molecule has 190 valence electrons. The molecule has 0 spiro atoms. The molecule has 7 heteroatoms. The summed E-state index contributed by atoms with van der Waals surface area (Å²) < 4.78 is 0. The summed E-state index contributed by atoms with van der Waals surface area (Å²) in [6.45, 7) is 13.8. The highest BCUT2D eigenvalue weighted by Gasteiger charge is 2.33. The van der Waals surface area contributed by atoms with Crippen LogP contribution in [-0.2, 0) is 25.7 Å². The van der Waals surface area contributed by atoms with E-state index >= 15 is 0 Å². The zero-order chi connectivity index (χ0) is 26.0. The Balaban J connectivity index is 1.43. The first-order chi connectivity index (χ1) is 16.9. The number of thiophene rings is 2. The fourth-order valence-electron chi connectivity index (χ4n) is 5.79. The van der Waals surface area contributed by atoms with E-state index in [-0.39, 0.29) is 16.7 Å². The van der Waals surface area contributed by atoms with Gasteiger partial charge in [0.05, 0.1) is 11.3 Å². The summed E-state index contributed by atoms with van der Waals surface area (Å²) in [5.74, 6) is 0.939. The molecule has 3 aromatic rings. The molecule has 2 unspecified atom stereocenters. The molecule has 3 heterocycles. The monoisotopic (exact) mass is 520 g/mol. The number of nitrogen functional groups attached to an aromatic ring is 1. The second-order valence-corrected chi connectivity index (χ2v) is 14.8. The highest BCUT2D eigenvalue weighted by molar-refractivity contribution is 7.21. The van der Waals surface area contributed by atoms with E-state index in [0.717, 1.165) is 60.0 Å². The zero-order valence-electron chi connectivity index (χ0n) is 22.2. The average Bonchev–Trinajstić information content (AvgIpc) is 3.31. The SMILES string of the molecule is CC(C)(C)C1CCc2nc3sc(C(=O)Nc4sc5c(c4C#N)CCC(C(C)(C)C)C5)c(N)c3cc2C1. The van der Waals surface area contributed by atoms with Crippen LogP contribution in [-0.4, -0.2) is 10.9 Å². The third-order valence-corrected chi connectivity index (χ3v) is 10.6. The normalized spacial score (nSPS) is 20.0. The molecule has 0 saturated carbocycles. The minimum Gasteiger partial charge on any atom is -0.397 e. The van der Waals surface area contributed by atoms with Crippen LogP contribution in [0.5, 0.6) is 0 Å². The fraction of sp³-hybridized carbons (Fsp3) is 0.552. The van der Waals surface area contributed by atoms with Gasteiger partial charge in [0.2, 0.25) is 0 Å². The van der Waals surface area contributed by atoms with Gasteiger partial charge < -0.3 is 11.1 Å². The molecule has 2 aliphatic rings. The summed E-state index contributed by atoms with van der Waals surface area (Å²) in [7, 11) is 0. The second-order valence-electron chi connectivity index (χ2n) is 12.7. The number of amides is 1. The predicted molar refractivity (Wildman–Crippen MR) is 151 cm³/mol. The van der Waals surface area contributed by atoms with Gasteiger partial charge in [0.25, 0.3) is 5.91 Å². The number of carbonyl (C=O) groups is 1. The van der Waals surface area contributed by atoms with Crippen LogP contribution in [0, 0.1) is 34.0 Å². The van der Waals surface area contributed by atoms with Gasteiger partial charge in [-0.05, 0) is 78.4 Å². The van der Waals surface area contributed by atoms with Gasteiger partial charge in [0.15, 0.2) is 0 Å². The first-order valence-corrected chi connectivity index (χ1v) is 14.6. The van der Waals surface area contributed by atoms with Crippen molar-refractivity contribution in [2.24, 2.45) is 22.7 Å². The van der Waals surface area contributed by atoms with Crippen LogP contribution in [0.25, 0.3) is 10.2 Å². The van der Waals surface area contributed by atoms with Crippen molar-refractivity contribution in [2.45, 2.75) is 80.1 Å². The number of nitrogens with zero attached hydrogens (tertiary/aromatic N) is 2. The maximum atomic E-state index is 13.4. The summed E-state index contributed by atoms with van der Waals surface area (Å²) in [6.07, 6.45) is 6.03. The van der Waals surface area contributed by atoms with E-state index in [9.17, 15) is 10.1 Å². The lowest BCUT2D eigenvalue weighted by Gasteiger charge is -2.34. The number of anilines is 2. The van der Waals surface area contributed by atoms with Crippen molar-refractivity contribution in [1.29, 1.82) is 5.26 Å². The number of pyridine rings is 1. The van der Waals surface area contributed by atoms with Crippen LogP contribution in [0.2, 0.25) is 0 Å². The molecule has 0 aliphatic heterocycles. The maximum Gasteiger partial charge on any atom is 0.268 e. The standard InChI is InChI=1S/C29H36N4OS2/c1-28(2,3)16-8-10-21-15(11-16)12-19-23(31)24(36-26(19)32-21)25(34)33-27-20(14-30)18-9-7-17(29(4,5)6)13-22(18)35-27/h12,16-17H,7-11,13,31H2,1-6H3,(H,33,34). The van der Waals surface area contributed by atoms with Gasteiger partial charge >= 0.3 is 0 Å². The third-order valence-electron chi connectivity index (χ3n) is 8.35. The molecule has 2 atom stereocenters. The molecule has 0 fully saturated rings. The highest BCUT2D eigenvalue weighted by Crippen LogP contribution is 2.45. The minimum absolute atomic E-state index is 0.225. The molecule has 0 aromatic carbocycles. The van der Waals surface area contributed by atoms with E-state index in [1.165, 1.54) is 21.8 Å². The van der Waals surface area contributed by atoms with Crippen LogP contribution < -0.4 is 11.1 Å². The number of rotatable bonds is 2. The number of aromatic nitrogens is 1. The number of aryl methyl sites for hydroxylation is 1. The largest absolute Gasteiger partial charge is 0.397 e. The van der Waals surface area contributed by atoms with Crippen molar-refractivity contribution in [1.82, 2.24) is 4.98 Å². The van der Waals surface area contributed by atoms with Gasteiger partial charge in [-0.15, -0.1) is 22.7 Å². The molecule has 3 aromatic heterocycles. The molecule has 5 nitrogen and oxygen atoms in total. The Morgan fingerprint density at radius 2 is 1.75 bits per heavy atom. The molecule has 3 N–H and O–H groups in total. The maximum absolute atomic E-state index is 13.4. The Morgan fingerprint density at radius 1 is 1.08 bits per heavy atom. The molecule has 0 radical (unpaired) electrons. The predicted octanol–water partition coefficient (Wildman–Crippen LogP) is 7.37. The molecule has 1 amide bonds. The van der Waals surface area contributed by atoms with Crippen LogP contribution in [0.3, 0.4) is 0 Å². The summed E-state index contributed by atoms with van der Waals surface area (Å²) >= 11 is 2.91. The van der Waals surface area contributed by atoms with Crippen molar-refractivity contribution in [3.05, 3.63) is 38.2 Å². The topological polar surface area (TPSA) is 91.8 Å². The first kappa shape index (κ1) is 25.2. The number of hydrogen-bond donors (Lipinski definition) is 2. The van der Waals surface area contributed by atoms with Gasteiger partial charge in [0, 0.05) is 16.0 Å². The number of nitrogens with two attached hydrogens (primary N) is 1. The first-order valence-electron chi connectivity index (χ1n) is 12.9. The van der Waals surface area contributed by atoms with Crippen LogP contribution in [0.15, 0.2) is 6.07 Å². The molecule has 5 rings (SSSR count). The summed E-state index contributed by atoms with van der Waals surface area (Å²) in [5.41, 5.74) is 11.6. The third kappa shape index (κ3) is 4.43. The van der Waals surface area contributed by atoms with E-state index in [4.69, 9.17) is 10.7 Å². The van der Waals surface area contributed by atoms with E-state index in [1.54, 1.807) is 11.3 Å². The smallest absolute Gasteiger partial charge is 0.268 e. The lowest BCUT2D eigenvalue weighted by atomic mass is 9.71. The Kier molecular flexibility index (Phi) is 6.20. The van der Waals surface area contributed by atoms with E-state index in [1.807, 2.05) is 0 Å². The van der Waals surface area contributed by atoms with Crippen molar-refractivity contribution in [3.8, 4) is 6.07 Å². The molecule has 36 heavy (non-hydrogen) atoms. The van der Waals surface area contributed by atoms with Gasteiger partial charge in [-0.3, -0.25) is 4.79 Å². The summed E-state index contributed by atoms with van der Waals surface area (Å²) in [6, 6.07) is 4.53. The molecule has 2 aliphatic carbocycles. The Labute approximate surface area is 222 Å². The number of nitrogens with one attached hydrogen (secondary N) is 1. The van der Waals surface area contributed by atoms with Gasteiger partial charge in [-0.25, -0.2) is 4.98 Å². The molecular formula is C29H36N4OS2. The van der Waals surface area contributed by atoms with Crippen LogP contribution in [0.1, 0.15) is 91.3 Å². The molecule has 0 bridgehead atoms. The summed E-state index contributed by atoms with van der Waals surface area (Å²) in [5, 5.41) is 14.5. The van der Waals surface area contributed by atoms with Gasteiger partial charge in [0.1, 0.15) is 20.8 Å². The van der Waals surface area contributed by atoms with Crippen molar-refractivity contribution in [2.75, 3.05) is 11.1 Å². The van der Waals surface area contributed by atoms with E-state index in [0.29, 0.717) is 33.0 Å². The summed E-state index contributed by atoms with van der Waals surface area (Å²) in [4.78, 5) is 20.9. The second kappa shape index (κ2) is 8.85. The van der Waals surface area contributed by atoms with Gasteiger partial charge in [-0.1, -0.05) is 41.5 Å². The van der Waals surface area contributed by atoms with E-state index < -0.39 is 0 Å². The molecule has 0 saturated heterocycles. The fourth-order valence-corrected chi connectivity index (χ4v) is 8.05. The lowest BCUT2D eigenvalue weighted by Crippen LogP contribution is -2.27. The van der Waals surface area contributed by atoms with Crippen LogP contribution in [0.4, 0.5) is 10.7 Å².